The Bertz CT molecular complexity index is 1050. The zero-order chi connectivity index (χ0) is 20.1. The minimum absolute atomic E-state index is 0.112. The average molecular weight is 374 g/mol. The molecule has 0 spiro atoms. The van der Waals surface area contributed by atoms with Gasteiger partial charge in [0.25, 0.3) is 0 Å². The first-order valence-electron chi connectivity index (χ1n) is 8.98. The van der Waals surface area contributed by atoms with E-state index in [1.807, 2.05) is 57.2 Å². The number of carbonyl (C=O) groups is 2. The number of para-hydroxylation sites is 2. The molecule has 0 bridgehead atoms. The number of nitrogens with one attached hydrogen (secondary N) is 2. The van der Waals surface area contributed by atoms with Crippen LogP contribution in [0.15, 0.2) is 48.7 Å². The van der Waals surface area contributed by atoms with Gasteiger partial charge in [0, 0.05) is 11.8 Å². The molecule has 0 radical (unpaired) electrons. The lowest BCUT2D eigenvalue weighted by molar-refractivity contribution is -0.121. The zero-order valence-electron chi connectivity index (χ0n) is 16.1. The van der Waals surface area contributed by atoms with E-state index >= 15 is 0 Å². The maximum Gasteiger partial charge on any atom is 0.244 e. The molecule has 2 amide bonds. The van der Waals surface area contributed by atoms with Crippen molar-refractivity contribution >= 4 is 34.6 Å². The molecule has 1 heterocycles. The van der Waals surface area contributed by atoms with E-state index in [2.05, 4.69) is 20.6 Å². The fourth-order valence-electron chi connectivity index (χ4n) is 3.00. The van der Waals surface area contributed by atoms with Crippen LogP contribution in [0.4, 0.5) is 5.69 Å². The molecule has 3 aromatic rings. The van der Waals surface area contributed by atoms with Gasteiger partial charge >= 0.3 is 0 Å². The van der Waals surface area contributed by atoms with Gasteiger partial charge in [0.2, 0.25) is 11.8 Å². The van der Waals surface area contributed by atoms with E-state index in [1.54, 1.807) is 12.3 Å². The molecule has 2 N–H and O–H groups in total. The van der Waals surface area contributed by atoms with Crippen molar-refractivity contribution in [3.63, 3.8) is 0 Å². The molecule has 6 nitrogen and oxygen atoms in total. The van der Waals surface area contributed by atoms with Crippen molar-refractivity contribution in [2.45, 2.75) is 20.8 Å². The number of aromatic nitrogens is 2. The predicted molar refractivity (Wildman–Crippen MR) is 111 cm³/mol. The van der Waals surface area contributed by atoms with Crippen molar-refractivity contribution in [3.8, 4) is 0 Å². The highest BCUT2D eigenvalue weighted by atomic mass is 16.2. The summed E-state index contributed by atoms with van der Waals surface area (Å²) in [4.78, 5) is 32.9. The molecular weight excluding hydrogens is 352 g/mol. The van der Waals surface area contributed by atoms with Gasteiger partial charge < -0.3 is 10.6 Å². The molecule has 0 aliphatic heterocycles. The maximum atomic E-state index is 12.2. The van der Waals surface area contributed by atoms with Crippen molar-refractivity contribution in [2.24, 2.45) is 0 Å². The number of benzene rings is 2. The topological polar surface area (TPSA) is 84.0 Å². The Balaban J connectivity index is 1.56. The maximum absolute atomic E-state index is 12.2. The van der Waals surface area contributed by atoms with E-state index in [-0.39, 0.29) is 18.4 Å². The molecule has 0 saturated heterocycles. The van der Waals surface area contributed by atoms with Crippen LogP contribution in [0.5, 0.6) is 0 Å². The number of anilines is 1. The van der Waals surface area contributed by atoms with Gasteiger partial charge in [0.1, 0.15) is 0 Å². The van der Waals surface area contributed by atoms with Gasteiger partial charge in [0.15, 0.2) is 0 Å². The van der Waals surface area contributed by atoms with Crippen molar-refractivity contribution < 1.29 is 9.59 Å². The minimum Gasteiger partial charge on any atom is -0.343 e. The number of nitrogens with zero attached hydrogens (tertiary/aromatic N) is 2. The molecule has 0 aliphatic carbocycles. The zero-order valence-corrected chi connectivity index (χ0v) is 16.1. The molecule has 0 aliphatic rings. The number of rotatable bonds is 5. The number of aryl methyl sites for hydroxylation is 3. The standard InChI is InChI=1S/C22H22N4O2/c1-14-10-15(2)22(16(3)11-14)26-21(28)13-24-20(27)9-8-17-12-23-18-6-4-5-7-19(18)25-17/h4-12H,13H2,1-3H3,(H,24,27)(H,26,28). The summed E-state index contributed by atoms with van der Waals surface area (Å²) in [6.45, 7) is 5.79. The van der Waals surface area contributed by atoms with Crippen LogP contribution >= 0.6 is 0 Å². The van der Waals surface area contributed by atoms with E-state index in [0.717, 1.165) is 33.4 Å². The third-order valence-corrected chi connectivity index (χ3v) is 4.24. The second kappa shape index (κ2) is 8.43. The molecule has 3 rings (SSSR count). The lowest BCUT2D eigenvalue weighted by Crippen LogP contribution is -2.32. The molecule has 142 valence electrons. The Morgan fingerprint density at radius 1 is 1.04 bits per heavy atom. The normalized spacial score (nSPS) is 11.0. The summed E-state index contributed by atoms with van der Waals surface area (Å²) in [5.41, 5.74) is 6.04. The largest absolute Gasteiger partial charge is 0.343 e. The Kier molecular flexibility index (Phi) is 5.79. The third kappa shape index (κ3) is 4.79. The highest BCUT2D eigenvalue weighted by Crippen LogP contribution is 2.21. The Hall–Kier alpha value is -3.54. The molecule has 28 heavy (non-hydrogen) atoms. The fourth-order valence-corrected chi connectivity index (χ4v) is 3.00. The first kappa shape index (κ1) is 19.2. The van der Waals surface area contributed by atoms with Crippen LogP contribution in [0.2, 0.25) is 0 Å². The van der Waals surface area contributed by atoms with E-state index in [4.69, 9.17) is 0 Å². The van der Waals surface area contributed by atoms with E-state index in [0.29, 0.717) is 5.69 Å². The number of fused-ring (bicyclic) bond motifs is 1. The van der Waals surface area contributed by atoms with Crippen LogP contribution in [0.25, 0.3) is 17.1 Å². The molecule has 6 heteroatoms. The molecular formula is C22H22N4O2. The predicted octanol–water partition coefficient (Wildman–Crippen LogP) is 3.32. The third-order valence-electron chi connectivity index (χ3n) is 4.24. The van der Waals surface area contributed by atoms with Gasteiger partial charge in [-0.15, -0.1) is 0 Å². The Labute approximate surface area is 163 Å². The highest BCUT2D eigenvalue weighted by molar-refractivity contribution is 5.98. The highest BCUT2D eigenvalue weighted by Gasteiger charge is 2.09. The first-order valence-corrected chi connectivity index (χ1v) is 8.98. The van der Waals surface area contributed by atoms with Gasteiger partial charge in [-0.2, -0.15) is 0 Å². The van der Waals surface area contributed by atoms with Crippen LogP contribution in [0, 0.1) is 20.8 Å². The number of amides is 2. The van der Waals surface area contributed by atoms with Gasteiger partial charge in [0.05, 0.1) is 29.5 Å². The second-order valence-electron chi connectivity index (χ2n) is 6.66. The summed E-state index contributed by atoms with van der Waals surface area (Å²) in [5, 5.41) is 5.43. The molecule has 0 atom stereocenters. The molecule has 2 aromatic carbocycles. The van der Waals surface area contributed by atoms with Crippen molar-refractivity contribution in [3.05, 3.63) is 71.1 Å². The molecule has 0 saturated carbocycles. The molecule has 0 fully saturated rings. The number of hydrogen-bond acceptors (Lipinski definition) is 4. The molecule has 0 unspecified atom stereocenters. The summed E-state index contributed by atoms with van der Waals surface area (Å²) in [6, 6.07) is 11.5. The summed E-state index contributed by atoms with van der Waals surface area (Å²) < 4.78 is 0. The lowest BCUT2D eigenvalue weighted by Gasteiger charge is -2.13. The summed E-state index contributed by atoms with van der Waals surface area (Å²) in [7, 11) is 0. The lowest BCUT2D eigenvalue weighted by atomic mass is 10.1. The quantitative estimate of drug-likeness (QED) is 0.671. The average Bonchev–Trinajstić information content (AvgIpc) is 2.67. The van der Waals surface area contributed by atoms with Crippen LogP contribution in [-0.2, 0) is 9.59 Å². The second-order valence-corrected chi connectivity index (χ2v) is 6.66. The van der Waals surface area contributed by atoms with Crippen LogP contribution in [-0.4, -0.2) is 28.3 Å². The van der Waals surface area contributed by atoms with Crippen molar-refractivity contribution in [1.29, 1.82) is 0 Å². The van der Waals surface area contributed by atoms with Crippen LogP contribution in [0.3, 0.4) is 0 Å². The van der Waals surface area contributed by atoms with Gasteiger partial charge in [-0.3, -0.25) is 14.6 Å². The fraction of sp³-hybridized carbons (Fsp3) is 0.182. The van der Waals surface area contributed by atoms with Crippen LogP contribution in [0.1, 0.15) is 22.4 Å². The number of hydrogen-bond donors (Lipinski definition) is 2. The van der Waals surface area contributed by atoms with Gasteiger partial charge in [-0.1, -0.05) is 29.8 Å². The SMILES string of the molecule is Cc1cc(C)c(NC(=O)CNC(=O)C=Cc2cnc3ccccc3n2)c(C)c1. The number of carbonyl (C=O) groups excluding carboxylic acids is 2. The van der Waals surface area contributed by atoms with Gasteiger partial charge in [-0.25, -0.2) is 4.98 Å². The Morgan fingerprint density at radius 2 is 1.71 bits per heavy atom. The first-order chi connectivity index (χ1) is 13.4. The van der Waals surface area contributed by atoms with Gasteiger partial charge in [-0.05, 0) is 50.1 Å². The summed E-state index contributed by atoms with van der Waals surface area (Å²) in [5.74, 6) is -0.648. The van der Waals surface area contributed by atoms with Crippen LogP contribution < -0.4 is 10.6 Å². The molecule has 1 aromatic heterocycles. The van der Waals surface area contributed by atoms with Crippen molar-refractivity contribution in [1.82, 2.24) is 15.3 Å². The van der Waals surface area contributed by atoms with E-state index in [1.165, 1.54) is 6.08 Å². The minimum atomic E-state index is -0.373. The Morgan fingerprint density at radius 3 is 2.43 bits per heavy atom. The smallest absolute Gasteiger partial charge is 0.244 e. The monoisotopic (exact) mass is 374 g/mol. The summed E-state index contributed by atoms with van der Waals surface area (Å²) >= 11 is 0. The van der Waals surface area contributed by atoms with E-state index in [9.17, 15) is 9.59 Å². The van der Waals surface area contributed by atoms with E-state index < -0.39 is 0 Å². The summed E-state index contributed by atoms with van der Waals surface area (Å²) in [6.07, 6.45) is 4.51. The van der Waals surface area contributed by atoms with Crippen molar-refractivity contribution in [2.75, 3.05) is 11.9 Å².